The maximum Gasteiger partial charge on any atom is 0.224 e. The summed E-state index contributed by atoms with van der Waals surface area (Å²) in [7, 11) is -0.487. The molecule has 21 heavy (non-hydrogen) atoms. The Bertz CT molecular complexity index is 607. The molecule has 0 aliphatic rings. The summed E-state index contributed by atoms with van der Waals surface area (Å²) in [5.41, 5.74) is 4.84. The third-order valence-electron chi connectivity index (χ3n) is 3.27. The van der Waals surface area contributed by atoms with Gasteiger partial charge in [0.05, 0.1) is 5.69 Å². The summed E-state index contributed by atoms with van der Waals surface area (Å²) in [5.74, 6) is 0. The van der Waals surface area contributed by atoms with Crippen molar-refractivity contribution in [2.45, 2.75) is 20.8 Å². The summed E-state index contributed by atoms with van der Waals surface area (Å²) in [6.07, 6.45) is 0.900. The van der Waals surface area contributed by atoms with Crippen molar-refractivity contribution in [3.8, 4) is 0 Å². The minimum absolute atomic E-state index is 0.487. The minimum Gasteiger partial charge on any atom is -0.277 e. The monoisotopic (exact) mass is 317 g/mol. The molecule has 2 aromatic rings. The Hall–Kier alpha value is -1.31. The Morgan fingerprint density at radius 2 is 1.62 bits per heavy atom. The van der Waals surface area contributed by atoms with Crippen molar-refractivity contribution >= 4 is 36.1 Å². The van der Waals surface area contributed by atoms with Crippen molar-refractivity contribution in [2.75, 3.05) is 11.0 Å². The molecule has 0 saturated carbocycles. The molecule has 110 valence electrons. The molecule has 1 amide bonds. The van der Waals surface area contributed by atoms with Gasteiger partial charge < -0.3 is 0 Å². The van der Waals surface area contributed by atoms with Gasteiger partial charge in [-0.1, -0.05) is 35.9 Å². The first-order valence-electron chi connectivity index (χ1n) is 6.82. The van der Waals surface area contributed by atoms with E-state index in [0.29, 0.717) is 0 Å². The molecule has 0 aliphatic heterocycles. The Balaban J connectivity index is 2.25. The summed E-state index contributed by atoms with van der Waals surface area (Å²) in [4.78, 5) is 11.4. The van der Waals surface area contributed by atoms with Crippen LogP contribution in [0.2, 0.25) is 0 Å². The Morgan fingerprint density at radius 1 is 1.05 bits per heavy atom. The molecule has 0 fully saturated rings. The number of nitrogens with zero attached hydrogens (tertiary/aromatic N) is 1. The quantitative estimate of drug-likeness (QED) is 0.457. The molecule has 4 heteroatoms. The van der Waals surface area contributed by atoms with Crippen LogP contribution >= 0.6 is 18.7 Å². The van der Waals surface area contributed by atoms with E-state index in [0.717, 1.165) is 12.1 Å². The predicted octanol–water partition coefficient (Wildman–Crippen LogP) is 4.58. The van der Waals surface area contributed by atoms with Gasteiger partial charge in [0, 0.05) is 7.12 Å². The van der Waals surface area contributed by atoms with Crippen LogP contribution in [-0.2, 0) is 4.79 Å². The maximum atomic E-state index is 11.4. The van der Waals surface area contributed by atoms with Crippen molar-refractivity contribution in [1.82, 2.24) is 0 Å². The highest BCUT2D eigenvalue weighted by molar-refractivity contribution is 8.58. The number of carbonyl (C=O) groups is 1. The number of rotatable bonds is 5. The van der Waals surface area contributed by atoms with Gasteiger partial charge in [0.25, 0.3) is 0 Å². The van der Waals surface area contributed by atoms with Gasteiger partial charge in [-0.05, 0) is 67.6 Å². The Kier molecular flexibility index (Phi) is 5.44. The van der Waals surface area contributed by atoms with Crippen LogP contribution in [-0.4, -0.2) is 13.1 Å². The molecule has 2 rings (SSSR count). The highest BCUT2D eigenvalue weighted by Gasteiger charge is 2.17. The second-order valence-electron chi connectivity index (χ2n) is 5.09. The summed E-state index contributed by atoms with van der Waals surface area (Å²) >= 11 is 1.62. The second-order valence-corrected chi connectivity index (χ2v) is 9.23. The SMILES string of the molecule is Cc1cc(C)c(P(C)SN(C=O)c2ccccc2)c(C)c1. The van der Waals surface area contributed by atoms with Crippen molar-refractivity contribution in [2.24, 2.45) is 0 Å². The molecule has 0 N–H and O–H groups in total. The fourth-order valence-electron chi connectivity index (χ4n) is 2.54. The van der Waals surface area contributed by atoms with Crippen molar-refractivity contribution < 1.29 is 4.79 Å². The topological polar surface area (TPSA) is 20.3 Å². The molecule has 1 atom stereocenters. The molecule has 0 heterocycles. The zero-order valence-corrected chi connectivity index (χ0v) is 14.5. The number of benzene rings is 2. The number of hydrogen-bond donors (Lipinski definition) is 0. The van der Waals surface area contributed by atoms with E-state index in [4.69, 9.17) is 0 Å². The summed E-state index contributed by atoms with van der Waals surface area (Å²) in [6, 6.07) is 14.2. The summed E-state index contributed by atoms with van der Waals surface area (Å²) in [5, 5.41) is 1.38. The van der Waals surface area contributed by atoms with Gasteiger partial charge in [-0.25, -0.2) is 0 Å². The lowest BCUT2D eigenvalue weighted by atomic mass is 10.1. The summed E-state index contributed by atoms with van der Waals surface area (Å²) < 4.78 is 1.73. The van der Waals surface area contributed by atoms with E-state index in [2.05, 4.69) is 39.6 Å². The van der Waals surface area contributed by atoms with Crippen LogP contribution in [0.5, 0.6) is 0 Å². The third-order valence-corrected chi connectivity index (χ3v) is 7.13. The zero-order chi connectivity index (χ0) is 15.4. The molecular formula is C17H20NOPS. The number of para-hydroxylation sites is 1. The highest BCUT2D eigenvalue weighted by Crippen LogP contribution is 2.49. The lowest BCUT2D eigenvalue weighted by Crippen LogP contribution is -2.15. The van der Waals surface area contributed by atoms with Crippen molar-refractivity contribution in [3.63, 3.8) is 0 Å². The average molecular weight is 317 g/mol. The van der Waals surface area contributed by atoms with Crippen LogP contribution in [0.25, 0.3) is 0 Å². The van der Waals surface area contributed by atoms with Crippen LogP contribution in [0.15, 0.2) is 42.5 Å². The molecule has 0 radical (unpaired) electrons. The van der Waals surface area contributed by atoms with Crippen LogP contribution < -0.4 is 9.61 Å². The van der Waals surface area contributed by atoms with Crippen molar-refractivity contribution in [3.05, 3.63) is 59.2 Å². The van der Waals surface area contributed by atoms with E-state index in [1.54, 1.807) is 15.9 Å². The second kappa shape index (κ2) is 7.11. The van der Waals surface area contributed by atoms with E-state index >= 15 is 0 Å². The largest absolute Gasteiger partial charge is 0.277 e. The minimum atomic E-state index is -0.487. The van der Waals surface area contributed by atoms with Gasteiger partial charge in [0.1, 0.15) is 0 Å². The standard InChI is InChI=1S/C17H20NOPS/c1-13-10-14(2)17(15(3)11-13)20(4)21-18(12-19)16-8-6-5-7-9-16/h5-12H,1-4H3. The number of amides is 1. The van der Waals surface area contributed by atoms with E-state index in [1.807, 2.05) is 30.3 Å². The summed E-state index contributed by atoms with van der Waals surface area (Å²) in [6.45, 7) is 8.64. The first-order chi connectivity index (χ1) is 10.0. The molecule has 2 aromatic carbocycles. The highest BCUT2D eigenvalue weighted by atomic mass is 32.7. The van der Waals surface area contributed by atoms with Gasteiger partial charge in [0.2, 0.25) is 6.41 Å². The number of hydrogen-bond acceptors (Lipinski definition) is 2. The molecule has 0 saturated heterocycles. The lowest BCUT2D eigenvalue weighted by Gasteiger charge is -2.23. The number of aryl methyl sites for hydroxylation is 3. The van der Waals surface area contributed by atoms with Gasteiger partial charge in [-0.2, -0.15) is 0 Å². The number of carbonyl (C=O) groups excluding carboxylic acids is 1. The van der Waals surface area contributed by atoms with Crippen LogP contribution in [0.1, 0.15) is 16.7 Å². The Morgan fingerprint density at radius 3 is 2.14 bits per heavy atom. The molecule has 1 unspecified atom stereocenters. The molecule has 0 bridgehead atoms. The van der Waals surface area contributed by atoms with E-state index < -0.39 is 7.12 Å². The van der Waals surface area contributed by atoms with Crippen LogP contribution in [0, 0.1) is 20.8 Å². The third kappa shape index (κ3) is 3.87. The van der Waals surface area contributed by atoms with Gasteiger partial charge in [-0.15, -0.1) is 0 Å². The molecule has 2 nitrogen and oxygen atoms in total. The smallest absolute Gasteiger partial charge is 0.224 e. The predicted molar refractivity (Wildman–Crippen MR) is 95.7 cm³/mol. The molecule has 0 spiro atoms. The van der Waals surface area contributed by atoms with Crippen LogP contribution in [0.3, 0.4) is 0 Å². The van der Waals surface area contributed by atoms with Gasteiger partial charge >= 0.3 is 0 Å². The normalized spacial score (nSPS) is 12.0. The first kappa shape index (κ1) is 16.1. The van der Waals surface area contributed by atoms with E-state index in [1.165, 1.54) is 22.0 Å². The fraction of sp³-hybridized carbons (Fsp3) is 0.235. The molecular weight excluding hydrogens is 297 g/mol. The molecule has 0 aromatic heterocycles. The van der Waals surface area contributed by atoms with Gasteiger partial charge in [-0.3, -0.25) is 9.10 Å². The molecule has 0 aliphatic carbocycles. The zero-order valence-electron chi connectivity index (χ0n) is 12.8. The average Bonchev–Trinajstić information content (AvgIpc) is 2.44. The maximum absolute atomic E-state index is 11.4. The number of anilines is 1. The fourth-order valence-corrected chi connectivity index (χ4v) is 6.57. The van der Waals surface area contributed by atoms with Crippen molar-refractivity contribution in [1.29, 1.82) is 0 Å². The van der Waals surface area contributed by atoms with E-state index in [9.17, 15) is 4.79 Å². The lowest BCUT2D eigenvalue weighted by molar-refractivity contribution is -0.106. The Labute approximate surface area is 132 Å². The van der Waals surface area contributed by atoms with Crippen LogP contribution in [0.4, 0.5) is 5.69 Å². The van der Waals surface area contributed by atoms with E-state index in [-0.39, 0.29) is 0 Å². The first-order valence-corrected chi connectivity index (χ1v) is 9.99. The van der Waals surface area contributed by atoms with Gasteiger partial charge in [0.15, 0.2) is 0 Å².